The fraction of sp³-hybridized carbons (Fsp3) is 0.0492. The summed E-state index contributed by atoms with van der Waals surface area (Å²) in [4.78, 5) is 4.63. The molecule has 0 amide bonds. The smallest absolute Gasteiger partial charge is 0.179 e. The van der Waals surface area contributed by atoms with Gasteiger partial charge in [0.25, 0.3) is 0 Å². The van der Waals surface area contributed by atoms with Gasteiger partial charge in [0, 0.05) is 50.7 Å². The lowest BCUT2D eigenvalue weighted by Crippen LogP contribution is -2.16. The van der Waals surface area contributed by atoms with Crippen molar-refractivity contribution in [1.82, 2.24) is 0 Å². The van der Waals surface area contributed by atoms with Gasteiger partial charge in [-0.05, 0) is 135 Å². The number of benzene rings is 10. The second kappa shape index (κ2) is 15.5. The third kappa shape index (κ3) is 6.45. The molecule has 4 heteroatoms. The van der Waals surface area contributed by atoms with Crippen LogP contribution in [0.15, 0.2) is 231 Å². The minimum Gasteiger partial charge on any atom is -0.449 e. The summed E-state index contributed by atoms with van der Waals surface area (Å²) in [6.45, 7) is 4.71. The molecule has 1 aliphatic carbocycles. The molecule has 0 saturated carbocycles. The maximum atomic E-state index is 7.03. The number of ether oxygens (including phenoxy) is 2. The van der Waals surface area contributed by atoms with Crippen LogP contribution < -0.4 is 19.3 Å². The second-order valence-corrected chi connectivity index (χ2v) is 17.3. The van der Waals surface area contributed by atoms with Gasteiger partial charge in [0.15, 0.2) is 23.0 Å². The molecule has 2 aliphatic rings. The zero-order valence-electron chi connectivity index (χ0n) is 36.2. The summed E-state index contributed by atoms with van der Waals surface area (Å²) < 4.78 is 14.0. The predicted octanol–water partition coefficient (Wildman–Crippen LogP) is 17.3. The average molecular weight is 837 g/mol. The molecular formula is C61H44N2O2. The van der Waals surface area contributed by atoms with Crippen LogP contribution in [0.1, 0.15) is 25.0 Å². The fourth-order valence-electron chi connectivity index (χ4n) is 10.00. The Balaban J connectivity index is 0.995. The van der Waals surface area contributed by atoms with Crippen molar-refractivity contribution in [2.24, 2.45) is 0 Å². The fourth-order valence-corrected chi connectivity index (χ4v) is 10.00. The summed E-state index contributed by atoms with van der Waals surface area (Å²) in [7, 11) is 0. The van der Waals surface area contributed by atoms with E-state index in [1.165, 1.54) is 22.3 Å². The van der Waals surface area contributed by atoms with Gasteiger partial charge < -0.3 is 19.3 Å². The Morgan fingerprint density at radius 2 is 0.677 bits per heavy atom. The summed E-state index contributed by atoms with van der Waals surface area (Å²) in [6.07, 6.45) is 0. The monoisotopic (exact) mass is 836 g/mol. The number of anilines is 6. The summed E-state index contributed by atoms with van der Waals surface area (Å²) >= 11 is 0. The van der Waals surface area contributed by atoms with E-state index in [-0.39, 0.29) is 5.41 Å². The molecule has 1 aliphatic heterocycles. The Bertz CT molecular complexity index is 3310. The predicted molar refractivity (Wildman–Crippen MR) is 268 cm³/mol. The van der Waals surface area contributed by atoms with Gasteiger partial charge in [-0.15, -0.1) is 0 Å². The molecule has 0 bridgehead atoms. The SMILES string of the molecule is CC1(C)c2cc(-c3c4c(c(-c5ccc(N(c6ccccc6)c6ccccc6)cc5)c5ccccc35)Oc3ccccc3O4)ccc2-c2ccc(N(c3ccccc3)c3ccccc3)cc21. The van der Waals surface area contributed by atoms with Crippen molar-refractivity contribution in [3.63, 3.8) is 0 Å². The Morgan fingerprint density at radius 1 is 0.323 bits per heavy atom. The van der Waals surface area contributed by atoms with E-state index in [1.54, 1.807) is 0 Å². The van der Waals surface area contributed by atoms with E-state index < -0.39 is 0 Å². The molecule has 1 heterocycles. The van der Waals surface area contributed by atoms with Crippen LogP contribution in [0.4, 0.5) is 34.1 Å². The van der Waals surface area contributed by atoms with Gasteiger partial charge in [0.1, 0.15) is 0 Å². The second-order valence-electron chi connectivity index (χ2n) is 17.3. The van der Waals surface area contributed by atoms with Crippen LogP contribution in [0.2, 0.25) is 0 Å². The van der Waals surface area contributed by atoms with Crippen molar-refractivity contribution in [2.75, 3.05) is 9.80 Å². The molecule has 0 unspecified atom stereocenters. The van der Waals surface area contributed by atoms with Crippen molar-refractivity contribution >= 4 is 44.9 Å². The highest BCUT2D eigenvalue weighted by Gasteiger charge is 2.37. The third-order valence-electron chi connectivity index (χ3n) is 13.1. The summed E-state index contributed by atoms with van der Waals surface area (Å²) in [5.41, 5.74) is 15.6. The van der Waals surface area contributed by atoms with Crippen molar-refractivity contribution in [3.05, 3.63) is 242 Å². The van der Waals surface area contributed by atoms with Crippen LogP contribution in [0, 0.1) is 0 Å². The van der Waals surface area contributed by atoms with Crippen LogP contribution in [0.25, 0.3) is 44.2 Å². The first kappa shape index (κ1) is 38.3. The first-order chi connectivity index (χ1) is 32.0. The Kier molecular flexibility index (Phi) is 9.13. The van der Waals surface area contributed by atoms with Gasteiger partial charge in [-0.1, -0.05) is 153 Å². The van der Waals surface area contributed by atoms with Crippen LogP contribution in [-0.4, -0.2) is 0 Å². The number of hydrogen-bond donors (Lipinski definition) is 0. The number of para-hydroxylation sites is 6. The van der Waals surface area contributed by atoms with Crippen molar-refractivity contribution < 1.29 is 9.47 Å². The molecule has 12 rings (SSSR count). The molecule has 10 aromatic carbocycles. The van der Waals surface area contributed by atoms with Crippen LogP contribution in [0.5, 0.6) is 23.0 Å². The van der Waals surface area contributed by atoms with Crippen LogP contribution in [-0.2, 0) is 5.41 Å². The molecule has 0 N–H and O–H groups in total. The molecule has 0 radical (unpaired) electrons. The maximum absolute atomic E-state index is 7.03. The highest BCUT2D eigenvalue weighted by atomic mass is 16.6. The maximum Gasteiger partial charge on any atom is 0.179 e. The topological polar surface area (TPSA) is 24.9 Å². The standard InChI is InChI=1S/C61H44N2O2/c1-61(2)53-39-42(33-37-49(53)50-38-36-48(40-54(50)61)63(45-23-11-5-12-24-45)46-25-13-6-14-26-46)58-52-28-16-15-27-51(52)57(59-60(58)65-56-30-18-17-29-55(56)64-59)41-31-34-47(35-32-41)62(43-19-7-3-8-20-43)44-21-9-4-10-22-44/h3-40H,1-2H3. The summed E-state index contributed by atoms with van der Waals surface area (Å²) in [5, 5.41) is 2.19. The van der Waals surface area contributed by atoms with Crippen molar-refractivity contribution in [1.29, 1.82) is 0 Å². The molecular weight excluding hydrogens is 793 g/mol. The average Bonchev–Trinajstić information content (AvgIpc) is 3.59. The minimum atomic E-state index is -0.287. The normalized spacial score (nSPS) is 12.8. The van der Waals surface area contributed by atoms with E-state index in [0.717, 1.165) is 67.2 Å². The van der Waals surface area contributed by atoms with Gasteiger partial charge in [-0.3, -0.25) is 0 Å². The molecule has 0 spiro atoms. The lowest BCUT2D eigenvalue weighted by Gasteiger charge is -2.29. The highest BCUT2D eigenvalue weighted by Crippen LogP contribution is 2.59. The lowest BCUT2D eigenvalue weighted by molar-refractivity contribution is 0.362. The first-order valence-corrected chi connectivity index (χ1v) is 22.3. The van der Waals surface area contributed by atoms with Gasteiger partial charge in [0.2, 0.25) is 0 Å². The molecule has 4 nitrogen and oxygen atoms in total. The van der Waals surface area contributed by atoms with Gasteiger partial charge in [-0.25, -0.2) is 0 Å². The third-order valence-corrected chi connectivity index (χ3v) is 13.1. The van der Waals surface area contributed by atoms with Crippen molar-refractivity contribution in [2.45, 2.75) is 19.3 Å². The molecule has 10 aromatic rings. The highest BCUT2D eigenvalue weighted by molar-refractivity contribution is 6.11. The van der Waals surface area contributed by atoms with E-state index in [0.29, 0.717) is 23.0 Å². The molecule has 0 aromatic heterocycles. The first-order valence-electron chi connectivity index (χ1n) is 22.3. The number of nitrogens with zero attached hydrogens (tertiary/aromatic N) is 2. The molecule has 0 atom stereocenters. The van der Waals surface area contributed by atoms with E-state index >= 15 is 0 Å². The largest absolute Gasteiger partial charge is 0.449 e. The van der Waals surface area contributed by atoms with E-state index in [2.05, 4.69) is 230 Å². The number of rotatable bonds is 8. The van der Waals surface area contributed by atoms with Crippen molar-refractivity contribution in [3.8, 4) is 56.4 Å². The number of fused-ring (bicyclic) bond motifs is 6. The van der Waals surface area contributed by atoms with Crippen LogP contribution in [0.3, 0.4) is 0 Å². The summed E-state index contributed by atoms with van der Waals surface area (Å²) in [5.74, 6) is 2.82. The Morgan fingerprint density at radius 3 is 1.17 bits per heavy atom. The zero-order valence-corrected chi connectivity index (χ0v) is 36.2. The van der Waals surface area contributed by atoms with E-state index in [1.807, 2.05) is 24.3 Å². The zero-order chi connectivity index (χ0) is 43.5. The van der Waals surface area contributed by atoms with E-state index in [4.69, 9.17) is 9.47 Å². The molecule has 0 saturated heterocycles. The Labute approximate surface area is 379 Å². The quantitative estimate of drug-likeness (QED) is 0.152. The Hall–Kier alpha value is -8.34. The molecule has 65 heavy (non-hydrogen) atoms. The minimum absolute atomic E-state index is 0.287. The molecule has 310 valence electrons. The van der Waals surface area contributed by atoms with Crippen LogP contribution >= 0.6 is 0 Å². The number of hydrogen-bond acceptors (Lipinski definition) is 4. The van der Waals surface area contributed by atoms with Gasteiger partial charge >= 0.3 is 0 Å². The van der Waals surface area contributed by atoms with Gasteiger partial charge in [-0.2, -0.15) is 0 Å². The lowest BCUT2D eigenvalue weighted by atomic mass is 9.81. The molecule has 0 fully saturated rings. The van der Waals surface area contributed by atoms with E-state index in [9.17, 15) is 0 Å². The summed E-state index contributed by atoms with van der Waals surface area (Å²) in [6, 6.07) is 81.6. The van der Waals surface area contributed by atoms with Gasteiger partial charge in [0.05, 0.1) is 0 Å².